The first-order chi connectivity index (χ1) is 17.0. The molecule has 0 bridgehead atoms. The van der Waals surface area contributed by atoms with Crippen LogP contribution < -0.4 is 10.7 Å². The number of benzene rings is 2. The second-order valence-corrected chi connectivity index (χ2v) is 9.38. The highest BCUT2D eigenvalue weighted by atomic mass is 35.5. The lowest BCUT2D eigenvalue weighted by Crippen LogP contribution is -2.27. The third kappa shape index (κ3) is 6.46. The van der Waals surface area contributed by atoms with Crippen LogP contribution in [-0.4, -0.2) is 37.1 Å². The fourth-order valence-corrected chi connectivity index (χ4v) is 4.35. The van der Waals surface area contributed by atoms with Gasteiger partial charge in [-0.2, -0.15) is 5.10 Å². The predicted molar refractivity (Wildman–Crippen MR) is 140 cm³/mol. The highest BCUT2D eigenvalue weighted by Gasteiger charge is 2.21. The van der Waals surface area contributed by atoms with Crippen molar-refractivity contribution in [2.24, 2.45) is 5.10 Å². The van der Waals surface area contributed by atoms with Crippen LogP contribution in [0.4, 0.5) is 5.69 Å². The Morgan fingerprint density at radius 1 is 1.14 bits per heavy atom. The van der Waals surface area contributed by atoms with Crippen molar-refractivity contribution in [1.82, 2.24) is 25.2 Å². The fourth-order valence-electron chi connectivity index (χ4n) is 3.24. The molecule has 1 amide bonds. The molecule has 0 saturated heterocycles. The molecule has 0 aliphatic carbocycles. The molecule has 0 fully saturated rings. The number of hydrazone groups is 1. The zero-order valence-electron chi connectivity index (χ0n) is 19.2. The van der Waals surface area contributed by atoms with Crippen LogP contribution in [0.15, 0.2) is 83.2 Å². The number of nitrogens with one attached hydrogen (secondary N) is 2. The number of hydrogen-bond acceptors (Lipinski definition) is 7. The number of aryl methyl sites for hydroxylation is 1. The third-order valence-corrected chi connectivity index (χ3v) is 6.33. The SMILES string of the molecule is Cc1cc(Cl)ccc1NCc1nnc(S[C@H](C)C(=O)N/N=C\c2ccccn2)n1-c1ccccc1. The number of pyridine rings is 1. The summed E-state index contributed by atoms with van der Waals surface area (Å²) >= 11 is 7.39. The molecule has 0 aliphatic heterocycles. The van der Waals surface area contributed by atoms with Crippen LogP contribution in [-0.2, 0) is 11.3 Å². The highest BCUT2D eigenvalue weighted by molar-refractivity contribution is 8.00. The molecular weight excluding hydrogens is 482 g/mol. The maximum atomic E-state index is 12.6. The number of para-hydroxylation sites is 1. The lowest BCUT2D eigenvalue weighted by atomic mass is 10.2. The quantitative estimate of drug-likeness (QED) is 0.191. The van der Waals surface area contributed by atoms with Crippen LogP contribution in [0.3, 0.4) is 0 Å². The standard InChI is InChI=1S/C25H24ClN7OS/c1-17-14-19(26)11-12-22(17)28-16-23-30-32-25(33(23)21-9-4-3-5-10-21)35-18(2)24(34)31-29-15-20-8-6-7-13-27-20/h3-15,18,28H,16H2,1-2H3,(H,31,34)/b29-15-/t18-/m1/s1. The van der Waals surface area contributed by atoms with Crippen molar-refractivity contribution < 1.29 is 4.79 Å². The second-order valence-electron chi connectivity index (χ2n) is 7.63. The monoisotopic (exact) mass is 505 g/mol. The van der Waals surface area contributed by atoms with E-state index in [0.717, 1.165) is 16.9 Å². The molecular formula is C25H24ClN7OS. The van der Waals surface area contributed by atoms with Gasteiger partial charge in [0, 0.05) is 22.6 Å². The van der Waals surface area contributed by atoms with E-state index in [4.69, 9.17) is 11.6 Å². The summed E-state index contributed by atoms with van der Waals surface area (Å²) < 4.78 is 1.95. The fraction of sp³-hybridized carbons (Fsp3) is 0.160. The number of rotatable bonds is 9. The summed E-state index contributed by atoms with van der Waals surface area (Å²) in [5.74, 6) is 0.468. The van der Waals surface area contributed by atoms with E-state index in [1.165, 1.54) is 18.0 Å². The Morgan fingerprint density at radius 2 is 1.94 bits per heavy atom. The molecule has 0 unspecified atom stereocenters. The Bertz CT molecular complexity index is 1310. The molecule has 4 rings (SSSR count). The molecule has 35 heavy (non-hydrogen) atoms. The molecule has 0 spiro atoms. The van der Waals surface area contributed by atoms with Gasteiger partial charge in [0.2, 0.25) is 0 Å². The maximum Gasteiger partial charge on any atom is 0.253 e. The molecule has 2 heterocycles. The number of carbonyl (C=O) groups is 1. The van der Waals surface area contributed by atoms with E-state index in [0.29, 0.717) is 28.2 Å². The molecule has 2 aromatic carbocycles. The number of hydrogen-bond donors (Lipinski definition) is 2. The molecule has 1 atom stereocenters. The summed E-state index contributed by atoms with van der Waals surface area (Å²) in [5.41, 5.74) is 6.13. The smallest absolute Gasteiger partial charge is 0.253 e. The third-order valence-electron chi connectivity index (χ3n) is 5.05. The largest absolute Gasteiger partial charge is 0.378 e. The lowest BCUT2D eigenvalue weighted by Gasteiger charge is -2.14. The minimum absolute atomic E-state index is 0.249. The van der Waals surface area contributed by atoms with E-state index in [-0.39, 0.29) is 5.91 Å². The van der Waals surface area contributed by atoms with Gasteiger partial charge in [0.1, 0.15) is 0 Å². The molecule has 10 heteroatoms. The van der Waals surface area contributed by atoms with Gasteiger partial charge < -0.3 is 5.32 Å². The molecule has 0 aliphatic rings. The summed E-state index contributed by atoms with van der Waals surface area (Å²) in [7, 11) is 0. The normalized spacial score (nSPS) is 12.0. The predicted octanol–water partition coefficient (Wildman–Crippen LogP) is 4.87. The average Bonchev–Trinajstić information content (AvgIpc) is 3.26. The molecule has 0 radical (unpaired) electrons. The van der Waals surface area contributed by atoms with E-state index in [2.05, 4.69) is 31.0 Å². The van der Waals surface area contributed by atoms with Crippen LogP contribution in [0.1, 0.15) is 24.0 Å². The van der Waals surface area contributed by atoms with E-state index >= 15 is 0 Å². The maximum absolute atomic E-state index is 12.6. The molecule has 2 N–H and O–H groups in total. The number of amides is 1. The van der Waals surface area contributed by atoms with Crippen LogP contribution in [0.25, 0.3) is 5.69 Å². The lowest BCUT2D eigenvalue weighted by molar-refractivity contribution is -0.120. The zero-order chi connectivity index (χ0) is 24.6. The molecule has 178 valence electrons. The van der Waals surface area contributed by atoms with Gasteiger partial charge >= 0.3 is 0 Å². The van der Waals surface area contributed by atoms with Crippen LogP contribution >= 0.6 is 23.4 Å². The first-order valence-corrected chi connectivity index (χ1v) is 12.2. The summed E-state index contributed by atoms with van der Waals surface area (Å²) in [6.07, 6.45) is 3.17. The molecule has 8 nitrogen and oxygen atoms in total. The molecule has 0 saturated carbocycles. The van der Waals surface area contributed by atoms with Gasteiger partial charge in [-0.25, -0.2) is 5.43 Å². The number of halogens is 1. The summed E-state index contributed by atoms with van der Waals surface area (Å²) in [6, 6.07) is 21.0. The number of aromatic nitrogens is 4. The average molecular weight is 506 g/mol. The number of carbonyl (C=O) groups excluding carboxylic acids is 1. The molecule has 2 aromatic heterocycles. The van der Waals surface area contributed by atoms with Gasteiger partial charge in [0.25, 0.3) is 5.91 Å². The van der Waals surface area contributed by atoms with Gasteiger partial charge in [-0.3, -0.25) is 14.3 Å². The summed E-state index contributed by atoms with van der Waals surface area (Å²) in [4.78, 5) is 16.8. The Hall–Kier alpha value is -3.69. The van der Waals surface area contributed by atoms with Gasteiger partial charge in [-0.15, -0.1) is 10.2 Å². The Kier molecular flexibility index (Phi) is 8.12. The van der Waals surface area contributed by atoms with Gasteiger partial charge in [-0.05, 0) is 61.9 Å². The summed E-state index contributed by atoms with van der Waals surface area (Å²) in [5, 5.41) is 17.0. The second kappa shape index (κ2) is 11.6. The van der Waals surface area contributed by atoms with Crippen LogP contribution in [0.2, 0.25) is 5.02 Å². The van der Waals surface area contributed by atoms with Crippen molar-refractivity contribution in [3.63, 3.8) is 0 Å². The highest BCUT2D eigenvalue weighted by Crippen LogP contribution is 2.27. The minimum Gasteiger partial charge on any atom is -0.378 e. The van der Waals surface area contributed by atoms with E-state index in [1.54, 1.807) is 19.2 Å². The number of thioether (sulfide) groups is 1. The number of anilines is 1. The zero-order valence-corrected chi connectivity index (χ0v) is 20.8. The van der Waals surface area contributed by atoms with Gasteiger partial charge in [-0.1, -0.05) is 47.6 Å². The van der Waals surface area contributed by atoms with Gasteiger partial charge in [0.15, 0.2) is 11.0 Å². The van der Waals surface area contributed by atoms with Crippen LogP contribution in [0, 0.1) is 6.92 Å². The Labute approximate surface area is 212 Å². The topological polar surface area (TPSA) is 97.1 Å². The summed E-state index contributed by atoms with van der Waals surface area (Å²) in [6.45, 7) is 4.24. The van der Waals surface area contributed by atoms with Crippen molar-refractivity contribution >= 4 is 41.2 Å². The van der Waals surface area contributed by atoms with Gasteiger partial charge in [0.05, 0.1) is 23.7 Å². The van der Waals surface area contributed by atoms with Crippen molar-refractivity contribution in [3.8, 4) is 5.69 Å². The first kappa shape index (κ1) is 24.4. The van der Waals surface area contributed by atoms with Crippen molar-refractivity contribution in [3.05, 3.63) is 95.0 Å². The minimum atomic E-state index is -0.457. The van der Waals surface area contributed by atoms with E-state index in [9.17, 15) is 4.79 Å². The van der Waals surface area contributed by atoms with E-state index in [1.807, 2.05) is 72.2 Å². The van der Waals surface area contributed by atoms with Crippen LogP contribution in [0.5, 0.6) is 0 Å². The molecule has 4 aromatic rings. The van der Waals surface area contributed by atoms with Crippen molar-refractivity contribution in [2.75, 3.05) is 5.32 Å². The first-order valence-electron chi connectivity index (χ1n) is 10.9. The van der Waals surface area contributed by atoms with Crippen molar-refractivity contribution in [1.29, 1.82) is 0 Å². The Balaban J connectivity index is 1.49. The number of nitrogens with zero attached hydrogens (tertiary/aromatic N) is 5. The Morgan fingerprint density at radius 3 is 2.69 bits per heavy atom. The van der Waals surface area contributed by atoms with Crippen molar-refractivity contribution in [2.45, 2.75) is 30.8 Å². The van der Waals surface area contributed by atoms with E-state index < -0.39 is 5.25 Å².